The molecule has 1 N–H and O–H groups in total. The van der Waals surface area contributed by atoms with E-state index in [2.05, 4.69) is 5.32 Å². The van der Waals surface area contributed by atoms with Gasteiger partial charge in [0.05, 0.1) is 24.1 Å². The summed E-state index contributed by atoms with van der Waals surface area (Å²) in [5, 5.41) is 3.67. The van der Waals surface area contributed by atoms with Gasteiger partial charge in [0.2, 0.25) is 0 Å². The summed E-state index contributed by atoms with van der Waals surface area (Å²) in [6.45, 7) is 1.91. The Kier molecular flexibility index (Phi) is 5.29. The predicted octanol–water partition coefficient (Wildman–Crippen LogP) is 5.05. The number of amides is 2. The van der Waals surface area contributed by atoms with E-state index in [0.717, 1.165) is 5.56 Å². The zero-order chi connectivity index (χ0) is 21.3. The molecule has 150 valence electrons. The maximum absolute atomic E-state index is 13.4. The molecule has 1 aliphatic rings. The smallest absolute Gasteiger partial charge is 0.282 e. The van der Waals surface area contributed by atoms with Crippen molar-refractivity contribution in [3.63, 3.8) is 0 Å². The van der Waals surface area contributed by atoms with Gasteiger partial charge in [0.25, 0.3) is 11.8 Å². The maximum atomic E-state index is 13.4. The number of carbonyl (C=O) groups is 2. The highest BCUT2D eigenvalue weighted by molar-refractivity contribution is 6.46. The monoisotopic (exact) mass is 418 g/mol. The van der Waals surface area contributed by atoms with Gasteiger partial charge in [0.15, 0.2) is 0 Å². The van der Waals surface area contributed by atoms with Crippen LogP contribution in [0.5, 0.6) is 5.75 Å². The highest BCUT2D eigenvalue weighted by atomic mass is 35.5. The van der Waals surface area contributed by atoms with Gasteiger partial charge in [-0.2, -0.15) is 0 Å². The second kappa shape index (κ2) is 8.05. The number of aryl methyl sites for hydroxylation is 1. The molecule has 0 saturated carbocycles. The van der Waals surface area contributed by atoms with Crippen LogP contribution in [0.15, 0.2) is 78.5 Å². The van der Waals surface area contributed by atoms with Crippen LogP contribution in [0.4, 0.5) is 11.4 Å². The Morgan fingerprint density at radius 3 is 2.33 bits per heavy atom. The summed E-state index contributed by atoms with van der Waals surface area (Å²) >= 11 is 6.02. The third-order valence-electron chi connectivity index (χ3n) is 4.84. The minimum absolute atomic E-state index is 0.188. The Bertz CT molecular complexity index is 1170. The van der Waals surface area contributed by atoms with Crippen LogP contribution in [-0.2, 0) is 9.59 Å². The Morgan fingerprint density at radius 2 is 1.63 bits per heavy atom. The van der Waals surface area contributed by atoms with E-state index in [4.69, 9.17) is 16.3 Å². The van der Waals surface area contributed by atoms with Crippen molar-refractivity contribution in [2.75, 3.05) is 17.3 Å². The van der Waals surface area contributed by atoms with Crippen LogP contribution in [0.25, 0.3) is 5.57 Å². The first-order valence-corrected chi connectivity index (χ1v) is 9.73. The van der Waals surface area contributed by atoms with E-state index < -0.39 is 11.8 Å². The number of ether oxygens (including phenoxy) is 1. The van der Waals surface area contributed by atoms with Gasteiger partial charge in [-0.05, 0) is 54.4 Å². The maximum Gasteiger partial charge on any atom is 0.282 e. The molecule has 0 fully saturated rings. The number of rotatable bonds is 5. The second-order valence-electron chi connectivity index (χ2n) is 6.87. The normalized spacial score (nSPS) is 13.8. The molecular weight excluding hydrogens is 400 g/mol. The van der Waals surface area contributed by atoms with E-state index in [0.29, 0.717) is 27.7 Å². The number of para-hydroxylation sites is 2. The summed E-state index contributed by atoms with van der Waals surface area (Å²) in [7, 11) is 1.55. The van der Waals surface area contributed by atoms with Gasteiger partial charge in [-0.1, -0.05) is 48.0 Å². The van der Waals surface area contributed by atoms with E-state index >= 15 is 0 Å². The molecule has 4 rings (SSSR count). The average Bonchev–Trinajstić information content (AvgIpc) is 2.99. The van der Waals surface area contributed by atoms with E-state index in [1.54, 1.807) is 55.6 Å². The summed E-state index contributed by atoms with van der Waals surface area (Å²) in [6, 6.07) is 21.4. The van der Waals surface area contributed by atoms with Gasteiger partial charge < -0.3 is 10.1 Å². The lowest BCUT2D eigenvalue weighted by Gasteiger charge is -2.16. The SMILES string of the molecule is COc1ccccc1NC1=C(c2ccc(Cl)cc2)C(=O)N(c2cccc(C)c2)C1=O. The Balaban J connectivity index is 1.85. The molecule has 3 aromatic rings. The average molecular weight is 419 g/mol. The summed E-state index contributed by atoms with van der Waals surface area (Å²) < 4.78 is 5.39. The van der Waals surface area contributed by atoms with Crippen molar-refractivity contribution in [3.05, 3.63) is 94.6 Å². The minimum Gasteiger partial charge on any atom is -0.495 e. The zero-order valence-corrected chi connectivity index (χ0v) is 17.2. The molecule has 0 aliphatic carbocycles. The topological polar surface area (TPSA) is 58.6 Å². The largest absolute Gasteiger partial charge is 0.495 e. The first kappa shape index (κ1) is 19.7. The Hall–Kier alpha value is -3.57. The molecule has 3 aromatic carbocycles. The van der Waals surface area contributed by atoms with Gasteiger partial charge in [0, 0.05) is 5.02 Å². The lowest BCUT2D eigenvalue weighted by atomic mass is 10.0. The van der Waals surface area contributed by atoms with Crippen molar-refractivity contribution >= 4 is 40.4 Å². The van der Waals surface area contributed by atoms with Crippen molar-refractivity contribution in [1.82, 2.24) is 0 Å². The fourth-order valence-corrected chi connectivity index (χ4v) is 3.54. The van der Waals surface area contributed by atoms with Gasteiger partial charge >= 0.3 is 0 Å². The molecule has 6 heteroatoms. The number of nitrogens with one attached hydrogen (secondary N) is 1. The number of nitrogens with zero attached hydrogens (tertiary/aromatic N) is 1. The molecule has 0 bridgehead atoms. The van der Waals surface area contributed by atoms with Crippen LogP contribution in [0.2, 0.25) is 5.02 Å². The summed E-state index contributed by atoms with van der Waals surface area (Å²) in [4.78, 5) is 28.0. The molecule has 1 heterocycles. The van der Waals surface area contributed by atoms with Gasteiger partial charge in [-0.25, -0.2) is 4.90 Å². The standard InChI is InChI=1S/C24H19ClN2O3/c1-15-6-5-7-18(14-15)27-23(28)21(16-10-12-17(25)13-11-16)22(24(27)29)26-19-8-3-4-9-20(19)30-2/h3-14,26H,1-2H3. The van der Waals surface area contributed by atoms with Crippen molar-refractivity contribution in [2.45, 2.75) is 6.92 Å². The van der Waals surface area contributed by atoms with E-state index in [-0.39, 0.29) is 11.3 Å². The molecule has 0 radical (unpaired) electrons. The number of carbonyl (C=O) groups excluding carboxylic acids is 2. The van der Waals surface area contributed by atoms with Gasteiger partial charge in [-0.15, -0.1) is 0 Å². The first-order valence-electron chi connectivity index (χ1n) is 9.35. The number of hydrogen-bond donors (Lipinski definition) is 1. The van der Waals surface area contributed by atoms with Gasteiger partial charge in [0.1, 0.15) is 11.4 Å². The molecule has 2 amide bonds. The van der Waals surface area contributed by atoms with Crippen molar-refractivity contribution in [2.24, 2.45) is 0 Å². The molecule has 0 unspecified atom stereocenters. The fourth-order valence-electron chi connectivity index (χ4n) is 3.41. The zero-order valence-electron chi connectivity index (χ0n) is 16.5. The fraction of sp³-hybridized carbons (Fsp3) is 0.0833. The molecule has 0 spiro atoms. The third-order valence-corrected chi connectivity index (χ3v) is 5.10. The van der Waals surface area contributed by atoms with Crippen molar-refractivity contribution in [3.8, 4) is 5.75 Å². The summed E-state index contributed by atoms with van der Waals surface area (Å²) in [6.07, 6.45) is 0. The Morgan fingerprint density at radius 1 is 0.900 bits per heavy atom. The number of benzene rings is 3. The van der Waals surface area contributed by atoms with Crippen molar-refractivity contribution in [1.29, 1.82) is 0 Å². The van der Waals surface area contributed by atoms with Gasteiger partial charge in [-0.3, -0.25) is 9.59 Å². The number of hydrogen-bond acceptors (Lipinski definition) is 4. The Labute approximate surface area is 179 Å². The molecule has 1 aliphatic heterocycles. The second-order valence-corrected chi connectivity index (χ2v) is 7.30. The molecule has 0 atom stereocenters. The van der Waals surface area contributed by atoms with Crippen molar-refractivity contribution < 1.29 is 14.3 Å². The number of anilines is 2. The highest BCUT2D eigenvalue weighted by Gasteiger charge is 2.40. The third kappa shape index (κ3) is 3.55. The minimum atomic E-state index is -0.429. The molecular formula is C24H19ClN2O3. The first-order chi connectivity index (χ1) is 14.5. The van der Waals surface area contributed by atoms with Crippen LogP contribution in [0.1, 0.15) is 11.1 Å². The van der Waals surface area contributed by atoms with E-state index in [9.17, 15) is 9.59 Å². The van der Waals surface area contributed by atoms with E-state index in [1.165, 1.54) is 4.90 Å². The van der Waals surface area contributed by atoms with Crippen LogP contribution >= 0.6 is 11.6 Å². The lowest BCUT2D eigenvalue weighted by Crippen LogP contribution is -2.32. The van der Waals surface area contributed by atoms with E-state index in [1.807, 2.05) is 31.2 Å². The molecule has 30 heavy (non-hydrogen) atoms. The number of halogens is 1. The van der Waals surface area contributed by atoms with Crippen LogP contribution in [0.3, 0.4) is 0 Å². The van der Waals surface area contributed by atoms with Crippen LogP contribution in [0, 0.1) is 6.92 Å². The molecule has 0 saturated heterocycles. The highest BCUT2D eigenvalue weighted by Crippen LogP contribution is 2.36. The van der Waals surface area contributed by atoms with Crippen LogP contribution < -0.4 is 15.0 Å². The number of methoxy groups -OCH3 is 1. The number of imide groups is 1. The lowest BCUT2D eigenvalue weighted by molar-refractivity contribution is -0.120. The van der Waals surface area contributed by atoms with Crippen LogP contribution in [-0.4, -0.2) is 18.9 Å². The molecule has 0 aromatic heterocycles. The quantitative estimate of drug-likeness (QED) is 0.589. The predicted molar refractivity (Wildman–Crippen MR) is 119 cm³/mol. The summed E-state index contributed by atoms with van der Waals surface area (Å²) in [5.41, 5.74) is 3.14. The summed E-state index contributed by atoms with van der Waals surface area (Å²) in [5.74, 6) is -0.263. The molecule has 5 nitrogen and oxygen atoms in total.